The van der Waals surface area contributed by atoms with E-state index in [0.717, 1.165) is 24.2 Å². The van der Waals surface area contributed by atoms with Crippen LogP contribution in [-0.2, 0) is 13.2 Å². The molecule has 29 heavy (non-hydrogen) atoms. The molecule has 9 heteroatoms. The largest absolute Gasteiger partial charge is 0.493 e. The molecule has 0 aromatic heterocycles. The summed E-state index contributed by atoms with van der Waals surface area (Å²) >= 11 is 6.37. The Morgan fingerprint density at radius 2 is 1.72 bits per heavy atom. The van der Waals surface area contributed by atoms with Crippen LogP contribution in [0.3, 0.4) is 0 Å². The number of hydrogen-bond acceptors (Lipinski definition) is 5. The molecule has 0 spiro atoms. The number of aliphatic hydroxyl groups is 1. The fraction of sp³-hybridized carbons (Fsp3) is 0.400. The number of aliphatic hydroxyl groups excluding tert-OH is 1. The molecule has 2 aromatic rings. The quantitative estimate of drug-likeness (QED) is 0.435. The predicted molar refractivity (Wildman–Crippen MR) is 119 cm³/mol. The first kappa shape index (κ1) is 27.7. The molecule has 0 aliphatic carbocycles. The van der Waals surface area contributed by atoms with Gasteiger partial charge in [-0.25, -0.2) is 4.39 Å². The van der Waals surface area contributed by atoms with Crippen molar-refractivity contribution in [3.8, 4) is 11.5 Å². The zero-order chi connectivity index (χ0) is 19.6. The maximum atomic E-state index is 13.0. The monoisotopic (exact) mass is 468 g/mol. The Morgan fingerprint density at radius 1 is 1.07 bits per heavy atom. The molecule has 0 amide bonds. The molecule has 2 rings (SSSR count). The lowest BCUT2D eigenvalue weighted by atomic mass is 10.2. The van der Waals surface area contributed by atoms with E-state index in [1.807, 2.05) is 12.1 Å². The number of hydrogen-bond donors (Lipinski definition) is 3. The van der Waals surface area contributed by atoms with Crippen LogP contribution in [0.5, 0.6) is 11.5 Å². The Hall–Kier alpha value is -1.28. The van der Waals surface area contributed by atoms with Crippen LogP contribution in [0.2, 0.25) is 5.02 Å². The minimum Gasteiger partial charge on any atom is -0.493 e. The first-order valence-corrected chi connectivity index (χ1v) is 9.20. The second kappa shape index (κ2) is 14.7. The topological polar surface area (TPSA) is 62.8 Å². The second-order valence-electron chi connectivity index (χ2n) is 6.25. The molecule has 0 saturated carbocycles. The normalized spacial score (nSPS) is 11.2. The van der Waals surface area contributed by atoms with Crippen LogP contribution in [-0.4, -0.2) is 38.0 Å². The van der Waals surface area contributed by atoms with Crippen LogP contribution >= 0.6 is 36.4 Å². The van der Waals surface area contributed by atoms with E-state index < -0.39 is 0 Å². The van der Waals surface area contributed by atoms with Crippen LogP contribution in [0, 0.1) is 5.82 Å². The van der Waals surface area contributed by atoms with Crippen molar-refractivity contribution in [1.29, 1.82) is 0 Å². The highest BCUT2D eigenvalue weighted by Gasteiger charge is 2.12. The van der Waals surface area contributed by atoms with Crippen molar-refractivity contribution in [2.24, 2.45) is 0 Å². The third-order valence-electron chi connectivity index (χ3n) is 3.83. The summed E-state index contributed by atoms with van der Waals surface area (Å²) in [6.45, 7) is 4.73. The van der Waals surface area contributed by atoms with Crippen LogP contribution in [0.4, 0.5) is 4.39 Å². The molecule has 164 valence electrons. The standard InChI is InChI=1S/C20H26ClFN2O3.2ClH/c1-14(25)11-23-7-8-24-12-16-9-18(21)20(19(10-16)26-2)27-13-15-3-5-17(22)6-4-15;;/h3-6,9-10,14,23-25H,7-8,11-13H2,1-2H3;2*1H. The summed E-state index contributed by atoms with van der Waals surface area (Å²) in [5.74, 6) is 0.728. The van der Waals surface area contributed by atoms with E-state index in [0.29, 0.717) is 29.6 Å². The van der Waals surface area contributed by atoms with E-state index >= 15 is 0 Å². The van der Waals surface area contributed by atoms with Gasteiger partial charge in [-0.2, -0.15) is 0 Å². The van der Waals surface area contributed by atoms with Gasteiger partial charge in [0.05, 0.1) is 18.2 Å². The van der Waals surface area contributed by atoms with Gasteiger partial charge < -0.3 is 25.2 Å². The Labute approximate surface area is 188 Å². The van der Waals surface area contributed by atoms with Crippen molar-refractivity contribution in [2.75, 3.05) is 26.7 Å². The van der Waals surface area contributed by atoms with Gasteiger partial charge in [-0.1, -0.05) is 23.7 Å². The average molecular weight is 470 g/mol. The minimum absolute atomic E-state index is 0. The van der Waals surface area contributed by atoms with Crippen LogP contribution < -0.4 is 20.1 Å². The highest BCUT2D eigenvalue weighted by molar-refractivity contribution is 6.32. The summed E-state index contributed by atoms with van der Waals surface area (Å²) < 4.78 is 24.2. The molecule has 0 bridgehead atoms. The van der Waals surface area contributed by atoms with E-state index in [9.17, 15) is 9.50 Å². The average Bonchev–Trinajstić information content (AvgIpc) is 2.64. The zero-order valence-electron chi connectivity index (χ0n) is 16.4. The number of benzene rings is 2. The molecule has 1 atom stereocenters. The number of halogens is 4. The maximum Gasteiger partial charge on any atom is 0.180 e. The lowest BCUT2D eigenvalue weighted by molar-refractivity contribution is 0.191. The van der Waals surface area contributed by atoms with Gasteiger partial charge in [0, 0.05) is 26.2 Å². The first-order valence-electron chi connectivity index (χ1n) is 8.82. The van der Waals surface area contributed by atoms with Crippen molar-refractivity contribution in [3.05, 3.63) is 58.4 Å². The summed E-state index contributed by atoms with van der Waals surface area (Å²) in [4.78, 5) is 0. The molecule has 0 fully saturated rings. The summed E-state index contributed by atoms with van der Waals surface area (Å²) in [5, 5.41) is 16.1. The number of rotatable bonds is 11. The summed E-state index contributed by atoms with van der Waals surface area (Å²) in [7, 11) is 1.56. The van der Waals surface area contributed by atoms with E-state index in [1.165, 1.54) is 12.1 Å². The van der Waals surface area contributed by atoms with Gasteiger partial charge in [-0.15, -0.1) is 24.8 Å². The number of nitrogens with one attached hydrogen (secondary N) is 2. The van der Waals surface area contributed by atoms with Gasteiger partial charge in [0.1, 0.15) is 12.4 Å². The lowest BCUT2D eigenvalue weighted by Crippen LogP contribution is -2.31. The maximum absolute atomic E-state index is 13.0. The summed E-state index contributed by atoms with van der Waals surface area (Å²) in [6, 6.07) is 9.83. The van der Waals surface area contributed by atoms with Crippen LogP contribution in [0.25, 0.3) is 0 Å². The Morgan fingerprint density at radius 3 is 2.34 bits per heavy atom. The van der Waals surface area contributed by atoms with Gasteiger partial charge in [0.25, 0.3) is 0 Å². The lowest BCUT2D eigenvalue weighted by Gasteiger charge is -2.15. The molecular formula is C20H28Cl3FN2O3. The minimum atomic E-state index is -0.351. The molecule has 5 nitrogen and oxygen atoms in total. The van der Waals surface area contributed by atoms with E-state index in [2.05, 4.69) is 10.6 Å². The van der Waals surface area contributed by atoms with Gasteiger partial charge in [0.2, 0.25) is 0 Å². The molecule has 0 aliphatic rings. The smallest absolute Gasteiger partial charge is 0.180 e. The number of methoxy groups -OCH3 is 1. The molecule has 1 unspecified atom stereocenters. The van der Waals surface area contributed by atoms with Crippen molar-refractivity contribution in [2.45, 2.75) is 26.2 Å². The summed E-state index contributed by atoms with van der Waals surface area (Å²) in [5.41, 5.74) is 1.81. The predicted octanol–water partition coefficient (Wildman–Crippen LogP) is 3.97. The van der Waals surface area contributed by atoms with Crippen molar-refractivity contribution in [3.63, 3.8) is 0 Å². The van der Waals surface area contributed by atoms with Gasteiger partial charge in [0.15, 0.2) is 11.5 Å². The zero-order valence-corrected chi connectivity index (χ0v) is 18.8. The fourth-order valence-electron chi connectivity index (χ4n) is 2.47. The van der Waals surface area contributed by atoms with Gasteiger partial charge in [-0.05, 0) is 42.3 Å². The molecule has 0 saturated heterocycles. The SMILES string of the molecule is COc1cc(CNCCNCC(C)O)cc(Cl)c1OCc1ccc(F)cc1.Cl.Cl. The van der Waals surface area contributed by atoms with Crippen LogP contribution in [0.1, 0.15) is 18.1 Å². The third-order valence-corrected chi connectivity index (χ3v) is 4.11. The summed E-state index contributed by atoms with van der Waals surface area (Å²) in [6.07, 6.45) is -0.351. The van der Waals surface area contributed by atoms with Gasteiger partial charge >= 0.3 is 0 Å². The van der Waals surface area contributed by atoms with E-state index in [1.54, 1.807) is 26.2 Å². The Kier molecular flexibility index (Phi) is 14.0. The molecule has 3 N–H and O–H groups in total. The van der Waals surface area contributed by atoms with E-state index in [-0.39, 0.29) is 43.3 Å². The van der Waals surface area contributed by atoms with Crippen molar-refractivity contribution in [1.82, 2.24) is 10.6 Å². The first-order chi connectivity index (χ1) is 13.0. The molecule has 0 aliphatic heterocycles. The Balaban J connectivity index is 0.00000392. The molecule has 2 aromatic carbocycles. The third kappa shape index (κ3) is 9.85. The Bertz CT molecular complexity index is 719. The highest BCUT2D eigenvalue weighted by atomic mass is 35.5. The van der Waals surface area contributed by atoms with Crippen molar-refractivity contribution < 1.29 is 19.0 Å². The molecular weight excluding hydrogens is 442 g/mol. The van der Waals surface area contributed by atoms with Crippen molar-refractivity contribution >= 4 is 36.4 Å². The molecule has 0 heterocycles. The fourth-order valence-corrected chi connectivity index (χ4v) is 2.76. The van der Waals surface area contributed by atoms with Crippen LogP contribution in [0.15, 0.2) is 36.4 Å². The molecule has 0 radical (unpaired) electrons. The highest BCUT2D eigenvalue weighted by Crippen LogP contribution is 2.37. The number of ether oxygens (including phenoxy) is 2. The second-order valence-corrected chi connectivity index (χ2v) is 6.66. The van der Waals surface area contributed by atoms with Gasteiger partial charge in [-0.3, -0.25) is 0 Å². The van der Waals surface area contributed by atoms with E-state index in [4.69, 9.17) is 21.1 Å².